The van der Waals surface area contributed by atoms with Gasteiger partial charge >= 0.3 is 0 Å². The van der Waals surface area contributed by atoms with Crippen molar-refractivity contribution in [1.82, 2.24) is 29.8 Å². The van der Waals surface area contributed by atoms with Crippen LogP contribution in [0.15, 0.2) is 30.3 Å². The molecule has 1 N–H and O–H groups in total. The van der Waals surface area contributed by atoms with Crippen LogP contribution in [0.3, 0.4) is 0 Å². The van der Waals surface area contributed by atoms with Crippen molar-refractivity contribution in [2.24, 2.45) is 0 Å². The number of morpholine rings is 1. The van der Waals surface area contributed by atoms with Crippen molar-refractivity contribution in [2.45, 2.75) is 19.9 Å². The van der Waals surface area contributed by atoms with Crippen molar-refractivity contribution in [2.75, 3.05) is 32.8 Å². The van der Waals surface area contributed by atoms with Crippen molar-refractivity contribution in [3.8, 4) is 0 Å². The number of aryl methyl sites for hydroxylation is 2. The molecule has 3 aromatic rings. The van der Waals surface area contributed by atoms with E-state index in [9.17, 15) is 4.79 Å². The molecule has 3 heterocycles. The average molecular weight is 415 g/mol. The fourth-order valence-corrected chi connectivity index (χ4v) is 3.86. The van der Waals surface area contributed by atoms with Gasteiger partial charge in [-0.15, -0.1) is 5.10 Å². The third-order valence-corrected chi connectivity index (χ3v) is 5.37. The second-order valence-corrected chi connectivity index (χ2v) is 7.49. The van der Waals surface area contributed by atoms with Crippen molar-refractivity contribution < 1.29 is 9.53 Å². The summed E-state index contributed by atoms with van der Waals surface area (Å²) in [5.41, 5.74) is 2.69. The second kappa shape index (κ2) is 8.44. The topological polar surface area (TPSA) is 84.7 Å². The molecule has 1 atom stereocenters. The first kappa shape index (κ1) is 19.8. The van der Waals surface area contributed by atoms with Gasteiger partial charge in [-0.3, -0.25) is 9.69 Å². The fraction of sp³-hybridized carbons (Fsp3) is 0.400. The SMILES string of the molecule is Cc1cc(C)n2nc(C(=O)NC[C@@H](c3ccccc3Cl)N3CCOCC3)nc2n1. The molecule has 4 rings (SSSR count). The highest BCUT2D eigenvalue weighted by Gasteiger charge is 2.25. The zero-order valence-corrected chi connectivity index (χ0v) is 17.2. The molecular formula is C20H23ClN6O2. The summed E-state index contributed by atoms with van der Waals surface area (Å²) in [5.74, 6) is 0.187. The fourth-order valence-electron chi connectivity index (χ4n) is 3.60. The third kappa shape index (κ3) is 4.24. The molecule has 8 nitrogen and oxygen atoms in total. The van der Waals surface area contributed by atoms with Crippen LogP contribution in [0.2, 0.25) is 5.02 Å². The molecule has 2 aromatic heterocycles. The lowest BCUT2D eigenvalue weighted by molar-refractivity contribution is 0.0162. The molecule has 0 aliphatic carbocycles. The van der Waals surface area contributed by atoms with Crippen LogP contribution in [0.25, 0.3) is 5.78 Å². The van der Waals surface area contributed by atoms with E-state index in [0.29, 0.717) is 30.6 Å². The van der Waals surface area contributed by atoms with Crippen LogP contribution < -0.4 is 5.32 Å². The van der Waals surface area contributed by atoms with Gasteiger partial charge in [-0.25, -0.2) is 9.50 Å². The lowest BCUT2D eigenvalue weighted by atomic mass is 10.0. The number of nitrogens with zero attached hydrogens (tertiary/aromatic N) is 5. The summed E-state index contributed by atoms with van der Waals surface area (Å²) in [5, 5.41) is 7.96. The van der Waals surface area contributed by atoms with Gasteiger partial charge in [0.1, 0.15) is 0 Å². The highest BCUT2D eigenvalue weighted by molar-refractivity contribution is 6.31. The maximum atomic E-state index is 12.8. The number of carbonyl (C=O) groups excluding carboxylic acids is 1. The number of hydrogen-bond acceptors (Lipinski definition) is 6. The van der Waals surface area contributed by atoms with E-state index >= 15 is 0 Å². The molecule has 1 aliphatic rings. The Morgan fingerprint density at radius 2 is 2.00 bits per heavy atom. The minimum absolute atomic E-state index is 0.0595. The summed E-state index contributed by atoms with van der Waals surface area (Å²) < 4.78 is 7.05. The van der Waals surface area contributed by atoms with Gasteiger partial charge in [0.05, 0.1) is 19.3 Å². The molecule has 152 valence electrons. The molecule has 0 bridgehead atoms. The van der Waals surface area contributed by atoms with E-state index in [1.807, 2.05) is 44.2 Å². The monoisotopic (exact) mass is 414 g/mol. The van der Waals surface area contributed by atoms with Crippen molar-refractivity contribution in [1.29, 1.82) is 0 Å². The lowest BCUT2D eigenvalue weighted by Crippen LogP contribution is -2.44. The number of nitrogens with one attached hydrogen (secondary N) is 1. The normalized spacial score (nSPS) is 16.1. The number of halogens is 1. The van der Waals surface area contributed by atoms with Gasteiger partial charge in [-0.2, -0.15) is 4.98 Å². The predicted molar refractivity (Wildman–Crippen MR) is 109 cm³/mol. The van der Waals surface area contributed by atoms with Crippen LogP contribution in [0, 0.1) is 13.8 Å². The number of ether oxygens (including phenoxy) is 1. The predicted octanol–water partition coefficient (Wildman–Crippen LogP) is 2.20. The molecule has 0 unspecified atom stereocenters. The smallest absolute Gasteiger partial charge is 0.291 e. The summed E-state index contributed by atoms with van der Waals surface area (Å²) in [7, 11) is 0. The Bertz CT molecular complexity index is 1030. The molecule has 29 heavy (non-hydrogen) atoms. The Kier molecular flexibility index (Phi) is 5.75. The summed E-state index contributed by atoms with van der Waals surface area (Å²) in [6, 6.07) is 9.56. The van der Waals surface area contributed by atoms with E-state index in [1.54, 1.807) is 4.52 Å². The van der Waals surface area contributed by atoms with Crippen LogP contribution in [-0.4, -0.2) is 63.2 Å². The quantitative estimate of drug-likeness (QED) is 0.689. The van der Waals surface area contributed by atoms with Crippen LogP contribution in [0.4, 0.5) is 0 Å². The van der Waals surface area contributed by atoms with Crippen LogP contribution in [-0.2, 0) is 4.74 Å². The first-order valence-corrected chi connectivity index (χ1v) is 9.96. The van der Waals surface area contributed by atoms with Gasteiger partial charge in [0.2, 0.25) is 5.82 Å². The Morgan fingerprint density at radius 1 is 1.24 bits per heavy atom. The minimum Gasteiger partial charge on any atom is -0.379 e. The van der Waals surface area contributed by atoms with E-state index in [4.69, 9.17) is 16.3 Å². The highest BCUT2D eigenvalue weighted by Crippen LogP contribution is 2.27. The van der Waals surface area contributed by atoms with Crippen molar-refractivity contribution in [3.05, 3.63) is 58.1 Å². The molecule has 1 saturated heterocycles. The molecule has 1 fully saturated rings. The Morgan fingerprint density at radius 3 is 2.76 bits per heavy atom. The Balaban J connectivity index is 1.54. The van der Waals surface area contributed by atoms with Crippen molar-refractivity contribution in [3.63, 3.8) is 0 Å². The summed E-state index contributed by atoms with van der Waals surface area (Å²) in [4.78, 5) is 23.7. The van der Waals surface area contributed by atoms with E-state index < -0.39 is 0 Å². The van der Waals surface area contributed by atoms with Crippen LogP contribution >= 0.6 is 11.6 Å². The van der Waals surface area contributed by atoms with Gasteiger partial charge in [0.15, 0.2) is 0 Å². The van der Waals surface area contributed by atoms with E-state index in [2.05, 4.69) is 25.3 Å². The molecule has 1 aromatic carbocycles. The number of rotatable bonds is 5. The zero-order valence-electron chi connectivity index (χ0n) is 16.4. The number of benzene rings is 1. The minimum atomic E-state index is -0.335. The highest BCUT2D eigenvalue weighted by atomic mass is 35.5. The molecule has 1 aliphatic heterocycles. The molecule has 9 heteroatoms. The number of fused-ring (bicyclic) bond motifs is 1. The van der Waals surface area contributed by atoms with Gasteiger partial charge in [-0.05, 0) is 31.5 Å². The van der Waals surface area contributed by atoms with Gasteiger partial charge in [-0.1, -0.05) is 29.8 Å². The number of hydrogen-bond donors (Lipinski definition) is 1. The maximum Gasteiger partial charge on any atom is 0.291 e. The van der Waals surface area contributed by atoms with Gasteiger partial charge in [0, 0.05) is 36.0 Å². The zero-order chi connectivity index (χ0) is 20.4. The third-order valence-electron chi connectivity index (χ3n) is 5.03. The molecular weight excluding hydrogens is 392 g/mol. The summed E-state index contributed by atoms with van der Waals surface area (Å²) in [6.07, 6.45) is 0. The Hall–Kier alpha value is -2.55. The van der Waals surface area contributed by atoms with E-state index in [-0.39, 0.29) is 17.8 Å². The molecule has 0 saturated carbocycles. The first-order chi connectivity index (χ1) is 14.0. The lowest BCUT2D eigenvalue weighted by Gasteiger charge is -2.35. The maximum absolute atomic E-state index is 12.8. The number of amides is 1. The van der Waals surface area contributed by atoms with Crippen LogP contribution in [0.5, 0.6) is 0 Å². The van der Waals surface area contributed by atoms with E-state index in [0.717, 1.165) is 30.0 Å². The largest absolute Gasteiger partial charge is 0.379 e. The molecule has 1 amide bonds. The van der Waals surface area contributed by atoms with Crippen molar-refractivity contribution >= 4 is 23.3 Å². The standard InChI is InChI=1S/C20H23ClN6O2/c1-13-11-14(2)27-20(23-13)24-18(25-27)19(28)22-12-17(26-7-9-29-10-8-26)15-5-3-4-6-16(15)21/h3-6,11,17H,7-10,12H2,1-2H3,(H,22,28)/t17-/m0/s1. The summed E-state index contributed by atoms with van der Waals surface area (Å²) in [6.45, 7) is 7.06. The molecule has 0 spiro atoms. The van der Waals surface area contributed by atoms with E-state index in [1.165, 1.54) is 0 Å². The average Bonchev–Trinajstić information content (AvgIpc) is 3.14. The van der Waals surface area contributed by atoms with Gasteiger partial charge < -0.3 is 10.1 Å². The Labute approximate surface area is 173 Å². The number of aromatic nitrogens is 4. The van der Waals surface area contributed by atoms with Gasteiger partial charge in [0.25, 0.3) is 11.7 Å². The second-order valence-electron chi connectivity index (χ2n) is 7.08. The first-order valence-electron chi connectivity index (χ1n) is 9.58. The molecule has 0 radical (unpaired) electrons. The number of carbonyl (C=O) groups is 1. The summed E-state index contributed by atoms with van der Waals surface area (Å²) >= 11 is 6.45. The van der Waals surface area contributed by atoms with Crippen LogP contribution in [0.1, 0.15) is 33.6 Å².